The van der Waals surface area contributed by atoms with Gasteiger partial charge in [-0.15, -0.1) is 0 Å². The Bertz CT molecular complexity index is 755. The highest BCUT2D eigenvalue weighted by Gasteiger charge is 2.19. The van der Waals surface area contributed by atoms with E-state index in [0.717, 1.165) is 24.0 Å². The van der Waals surface area contributed by atoms with Gasteiger partial charge in [0, 0.05) is 30.6 Å². The number of aryl methyl sites for hydroxylation is 1. The van der Waals surface area contributed by atoms with Gasteiger partial charge in [0.15, 0.2) is 0 Å². The molecular formula is C19H25NO4. The number of hydrogen-bond donors (Lipinski definition) is 1. The summed E-state index contributed by atoms with van der Waals surface area (Å²) >= 11 is 0. The van der Waals surface area contributed by atoms with Crippen LogP contribution in [-0.4, -0.2) is 42.4 Å². The molecule has 2 atom stereocenters. The number of aliphatic hydroxyl groups is 1. The van der Waals surface area contributed by atoms with Crippen LogP contribution in [0.1, 0.15) is 25.3 Å². The molecule has 0 bridgehead atoms. The normalized spacial score (nSPS) is 20.2. The molecule has 1 saturated heterocycles. The molecule has 1 aliphatic heterocycles. The molecule has 5 nitrogen and oxygen atoms in total. The van der Waals surface area contributed by atoms with Crippen LogP contribution in [0.15, 0.2) is 33.5 Å². The summed E-state index contributed by atoms with van der Waals surface area (Å²) in [6.07, 6.45) is 1.93. The lowest BCUT2D eigenvalue weighted by Gasteiger charge is -2.32. The van der Waals surface area contributed by atoms with Crippen molar-refractivity contribution in [2.24, 2.45) is 5.92 Å². The first-order valence-electron chi connectivity index (χ1n) is 8.59. The lowest BCUT2D eigenvalue weighted by Crippen LogP contribution is -2.41. The van der Waals surface area contributed by atoms with E-state index in [0.29, 0.717) is 23.8 Å². The van der Waals surface area contributed by atoms with Gasteiger partial charge < -0.3 is 19.2 Å². The third-order valence-electron chi connectivity index (χ3n) is 4.58. The van der Waals surface area contributed by atoms with Crippen LogP contribution >= 0.6 is 0 Å². The first kappa shape index (κ1) is 17.0. The second-order valence-corrected chi connectivity index (χ2v) is 6.88. The number of rotatable bonds is 5. The molecule has 0 amide bonds. The van der Waals surface area contributed by atoms with Crippen molar-refractivity contribution in [2.75, 3.05) is 26.2 Å². The summed E-state index contributed by atoms with van der Waals surface area (Å²) in [6.45, 7) is 7.07. The molecule has 1 aromatic heterocycles. The zero-order valence-corrected chi connectivity index (χ0v) is 14.3. The maximum atomic E-state index is 11.5. The van der Waals surface area contributed by atoms with Crippen molar-refractivity contribution in [3.8, 4) is 5.75 Å². The SMILES string of the molecule is Cc1cc(=O)oc2cc(OC[C@@H](O)CN3CCC[C@@H](C)C3)ccc12. The summed E-state index contributed by atoms with van der Waals surface area (Å²) in [4.78, 5) is 13.8. The van der Waals surface area contributed by atoms with Crippen LogP contribution in [-0.2, 0) is 0 Å². The van der Waals surface area contributed by atoms with Gasteiger partial charge in [-0.2, -0.15) is 0 Å². The van der Waals surface area contributed by atoms with Crippen LogP contribution in [0.4, 0.5) is 0 Å². The van der Waals surface area contributed by atoms with Gasteiger partial charge in [0.2, 0.25) is 0 Å². The molecule has 0 unspecified atom stereocenters. The van der Waals surface area contributed by atoms with Gasteiger partial charge in [-0.3, -0.25) is 0 Å². The fourth-order valence-electron chi connectivity index (χ4n) is 3.39. The Morgan fingerprint density at radius 2 is 2.25 bits per heavy atom. The predicted molar refractivity (Wildman–Crippen MR) is 93.6 cm³/mol. The number of nitrogens with zero attached hydrogens (tertiary/aromatic N) is 1. The highest BCUT2D eigenvalue weighted by Crippen LogP contribution is 2.22. The molecule has 0 radical (unpaired) electrons. The summed E-state index contributed by atoms with van der Waals surface area (Å²) in [6, 6.07) is 6.90. The number of likely N-dealkylation sites (tertiary alicyclic amines) is 1. The zero-order valence-electron chi connectivity index (χ0n) is 14.3. The van der Waals surface area contributed by atoms with Gasteiger partial charge in [0.1, 0.15) is 24.0 Å². The van der Waals surface area contributed by atoms with E-state index in [1.165, 1.54) is 18.9 Å². The van der Waals surface area contributed by atoms with Crippen LogP contribution in [0.2, 0.25) is 0 Å². The number of aliphatic hydroxyl groups excluding tert-OH is 1. The average Bonchev–Trinajstić information content (AvgIpc) is 2.52. The number of fused-ring (bicyclic) bond motifs is 1. The second-order valence-electron chi connectivity index (χ2n) is 6.88. The van der Waals surface area contributed by atoms with Gasteiger partial charge in [0.25, 0.3) is 0 Å². The van der Waals surface area contributed by atoms with Crippen molar-refractivity contribution in [3.05, 3.63) is 40.2 Å². The Kier molecular flexibility index (Phi) is 5.21. The largest absolute Gasteiger partial charge is 0.491 e. The Balaban J connectivity index is 1.59. The van der Waals surface area contributed by atoms with Crippen molar-refractivity contribution < 1.29 is 14.3 Å². The van der Waals surface area contributed by atoms with Crippen molar-refractivity contribution in [2.45, 2.75) is 32.8 Å². The van der Waals surface area contributed by atoms with E-state index in [-0.39, 0.29) is 12.2 Å². The molecule has 1 aromatic carbocycles. The minimum absolute atomic E-state index is 0.229. The van der Waals surface area contributed by atoms with Gasteiger partial charge >= 0.3 is 5.63 Å². The van der Waals surface area contributed by atoms with Gasteiger partial charge in [0.05, 0.1) is 0 Å². The lowest BCUT2D eigenvalue weighted by atomic mass is 10.0. The van der Waals surface area contributed by atoms with Gasteiger partial charge in [-0.25, -0.2) is 4.79 Å². The van der Waals surface area contributed by atoms with Crippen LogP contribution in [0.5, 0.6) is 5.75 Å². The molecule has 2 aromatic rings. The summed E-state index contributed by atoms with van der Waals surface area (Å²) in [7, 11) is 0. The zero-order chi connectivity index (χ0) is 17.1. The van der Waals surface area contributed by atoms with Crippen LogP contribution in [0.25, 0.3) is 11.0 Å². The Morgan fingerprint density at radius 1 is 1.42 bits per heavy atom. The molecule has 0 spiro atoms. The molecule has 24 heavy (non-hydrogen) atoms. The van der Waals surface area contributed by atoms with Crippen molar-refractivity contribution >= 4 is 11.0 Å². The van der Waals surface area contributed by atoms with Crippen molar-refractivity contribution in [1.29, 1.82) is 0 Å². The standard InChI is InChI=1S/C19H25NO4/c1-13-4-3-7-20(10-13)11-15(21)12-23-16-5-6-17-14(2)8-19(22)24-18(17)9-16/h5-6,8-9,13,15,21H,3-4,7,10-12H2,1-2H3/t13-,15+/m1/s1. The minimum atomic E-state index is -0.532. The van der Waals surface area contributed by atoms with E-state index in [9.17, 15) is 9.90 Å². The third-order valence-corrected chi connectivity index (χ3v) is 4.58. The maximum absolute atomic E-state index is 11.5. The maximum Gasteiger partial charge on any atom is 0.336 e. The highest BCUT2D eigenvalue weighted by molar-refractivity contribution is 5.81. The number of hydrogen-bond acceptors (Lipinski definition) is 5. The lowest BCUT2D eigenvalue weighted by molar-refractivity contribution is 0.0537. The number of β-amino-alcohol motifs (C(OH)–C–C–N with tert-alkyl or cyclic N) is 1. The van der Waals surface area contributed by atoms with Gasteiger partial charge in [-0.1, -0.05) is 6.92 Å². The molecule has 0 saturated carbocycles. The molecule has 1 fully saturated rings. The third kappa shape index (κ3) is 4.16. The fourth-order valence-corrected chi connectivity index (χ4v) is 3.39. The van der Waals surface area contributed by atoms with Crippen molar-refractivity contribution in [3.63, 3.8) is 0 Å². The Labute approximate surface area is 141 Å². The first-order valence-corrected chi connectivity index (χ1v) is 8.59. The fraction of sp³-hybridized carbons (Fsp3) is 0.526. The van der Waals surface area contributed by atoms with Crippen molar-refractivity contribution in [1.82, 2.24) is 4.90 Å². The van der Waals surface area contributed by atoms with E-state index >= 15 is 0 Å². The molecule has 2 heterocycles. The van der Waals surface area contributed by atoms with Gasteiger partial charge in [-0.05, 0) is 49.9 Å². The number of benzene rings is 1. The van der Waals surface area contributed by atoms with E-state index in [1.54, 1.807) is 6.07 Å². The monoisotopic (exact) mass is 331 g/mol. The molecule has 0 aliphatic carbocycles. The number of ether oxygens (including phenoxy) is 1. The summed E-state index contributed by atoms with van der Waals surface area (Å²) in [5.74, 6) is 1.29. The van der Waals surface area contributed by atoms with Crippen LogP contribution in [0, 0.1) is 12.8 Å². The molecule has 3 rings (SSSR count). The molecule has 1 N–H and O–H groups in total. The predicted octanol–water partition coefficient (Wildman–Crippen LogP) is 2.57. The topological polar surface area (TPSA) is 62.9 Å². The molecule has 1 aliphatic rings. The van der Waals surface area contributed by atoms with Crippen LogP contribution < -0.4 is 10.4 Å². The van der Waals surface area contributed by atoms with E-state index in [1.807, 2.05) is 19.1 Å². The smallest absolute Gasteiger partial charge is 0.336 e. The number of piperidine rings is 1. The Morgan fingerprint density at radius 3 is 3.04 bits per heavy atom. The second kappa shape index (κ2) is 7.36. The summed E-state index contributed by atoms with van der Waals surface area (Å²) in [5.41, 5.74) is 1.03. The molecular weight excluding hydrogens is 306 g/mol. The highest BCUT2D eigenvalue weighted by atomic mass is 16.5. The summed E-state index contributed by atoms with van der Waals surface area (Å²) in [5, 5.41) is 11.1. The molecule has 5 heteroatoms. The first-order chi connectivity index (χ1) is 11.5. The minimum Gasteiger partial charge on any atom is -0.491 e. The Hall–Kier alpha value is -1.85. The van der Waals surface area contributed by atoms with E-state index < -0.39 is 6.10 Å². The van der Waals surface area contributed by atoms with Crippen LogP contribution in [0.3, 0.4) is 0 Å². The summed E-state index contributed by atoms with van der Waals surface area (Å²) < 4.78 is 10.9. The molecule has 130 valence electrons. The average molecular weight is 331 g/mol. The van der Waals surface area contributed by atoms with E-state index in [2.05, 4.69) is 11.8 Å². The quantitative estimate of drug-likeness (QED) is 0.853. The van der Waals surface area contributed by atoms with E-state index in [4.69, 9.17) is 9.15 Å².